The standard InChI is InChI=1S/C11H11ClO3S2/c12-9-1-2-11-10(5-9)8(6-16-4-3-13)7-17(11,14)15/h1-2,5,7,13H,3-4,6H2. The normalized spacial score (nSPS) is 16.7. The number of rotatable bonds is 4. The molecule has 17 heavy (non-hydrogen) atoms. The van der Waals surface area contributed by atoms with E-state index >= 15 is 0 Å². The highest BCUT2D eigenvalue weighted by atomic mass is 35.5. The molecule has 92 valence electrons. The molecule has 0 aromatic heterocycles. The van der Waals surface area contributed by atoms with Gasteiger partial charge >= 0.3 is 0 Å². The molecule has 0 radical (unpaired) electrons. The first-order chi connectivity index (χ1) is 8.04. The Kier molecular flexibility index (Phi) is 3.82. The number of hydrogen-bond donors (Lipinski definition) is 1. The maximum atomic E-state index is 11.8. The monoisotopic (exact) mass is 290 g/mol. The number of sulfone groups is 1. The van der Waals surface area contributed by atoms with Gasteiger partial charge in [0.05, 0.1) is 11.5 Å². The number of benzene rings is 1. The van der Waals surface area contributed by atoms with Gasteiger partial charge in [0, 0.05) is 21.9 Å². The van der Waals surface area contributed by atoms with Crippen LogP contribution in [0, 0.1) is 0 Å². The Bertz CT molecular complexity index is 564. The molecule has 0 saturated carbocycles. The average molecular weight is 291 g/mol. The fourth-order valence-electron chi connectivity index (χ4n) is 1.67. The van der Waals surface area contributed by atoms with E-state index in [1.165, 1.54) is 23.2 Å². The van der Waals surface area contributed by atoms with Crippen molar-refractivity contribution in [3.8, 4) is 0 Å². The zero-order valence-corrected chi connectivity index (χ0v) is 11.3. The van der Waals surface area contributed by atoms with Crippen molar-refractivity contribution >= 4 is 38.8 Å². The molecule has 1 N–H and O–H groups in total. The summed E-state index contributed by atoms with van der Waals surface area (Å²) in [6.07, 6.45) is 0. The van der Waals surface area contributed by atoms with Gasteiger partial charge in [-0.2, -0.15) is 11.8 Å². The van der Waals surface area contributed by atoms with Gasteiger partial charge in [-0.1, -0.05) is 11.6 Å². The lowest BCUT2D eigenvalue weighted by molar-refractivity contribution is 0.322. The van der Waals surface area contributed by atoms with E-state index in [2.05, 4.69) is 0 Å². The summed E-state index contributed by atoms with van der Waals surface area (Å²) in [6, 6.07) is 4.79. The maximum Gasteiger partial charge on any atom is 0.200 e. The van der Waals surface area contributed by atoms with Crippen molar-refractivity contribution in [2.75, 3.05) is 18.1 Å². The third-order valence-electron chi connectivity index (χ3n) is 2.38. The van der Waals surface area contributed by atoms with E-state index in [1.54, 1.807) is 12.1 Å². The van der Waals surface area contributed by atoms with Crippen molar-refractivity contribution in [1.82, 2.24) is 0 Å². The lowest BCUT2D eigenvalue weighted by atomic mass is 10.1. The highest BCUT2D eigenvalue weighted by Crippen LogP contribution is 2.36. The summed E-state index contributed by atoms with van der Waals surface area (Å²) in [5.74, 6) is 1.15. The SMILES string of the molecule is O=S1(=O)C=C(CSCCO)c2cc(Cl)ccc21. The van der Waals surface area contributed by atoms with Gasteiger partial charge in [0.2, 0.25) is 9.84 Å². The van der Waals surface area contributed by atoms with E-state index in [-0.39, 0.29) is 6.61 Å². The molecule has 1 aliphatic rings. The Labute approximate surface area is 109 Å². The smallest absolute Gasteiger partial charge is 0.200 e. The largest absolute Gasteiger partial charge is 0.396 e. The summed E-state index contributed by atoms with van der Waals surface area (Å²) in [5, 5.41) is 10.5. The minimum absolute atomic E-state index is 0.0904. The quantitative estimate of drug-likeness (QED) is 0.864. The van der Waals surface area contributed by atoms with Gasteiger partial charge in [0.25, 0.3) is 0 Å². The summed E-state index contributed by atoms with van der Waals surface area (Å²) < 4.78 is 23.7. The van der Waals surface area contributed by atoms with Crippen molar-refractivity contribution in [3.63, 3.8) is 0 Å². The first-order valence-corrected chi connectivity index (χ1v) is 8.06. The Morgan fingerprint density at radius 3 is 2.82 bits per heavy atom. The van der Waals surface area contributed by atoms with Crippen LogP contribution >= 0.6 is 23.4 Å². The molecule has 1 heterocycles. The predicted octanol–water partition coefficient (Wildman–Crippen LogP) is 2.19. The summed E-state index contributed by atoms with van der Waals surface area (Å²) in [5.41, 5.74) is 1.43. The van der Waals surface area contributed by atoms with Gasteiger partial charge in [0.1, 0.15) is 0 Å². The van der Waals surface area contributed by atoms with Crippen LogP contribution in [0.2, 0.25) is 5.02 Å². The summed E-state index contributed by atoms with van der Waals surface area (Å²) in [4.78, 5) is 0.321. The zero-order valence-electron chi connectivity index (χ0n) is 8.89. The molecule has 1 aromatic carbocycles. The molecule has 0 fully saturated rings. The second kappa shape index (κ2) is 5.02. The Morgan fingerprint density at radius 2 is 2.12 bits per heavy atom. The van der Waals surface area contributed by atoms with Crippen molar-refractivity contribution in [3.05, 3.63) is 34.2 Å². The number of thioether (sulfide) groups is 1. The van der Waals surface area contributed by atoms with Crippen LogP contribution in [0.3, 0.4) is 0 Å². The molecule has 0 bridgehead atoms. The molecule has 3 nitrogen and oxygen atoms in total. The van der Waals surface area contributed by atoms with Gasteiger partial charge < -0.3 is 5.11 Å². The third kappa shape index (κ3) is 2.68. The highest BCUT2D eigenvalue weighted by Gasteiger charge is 2.26. The molecule has 2 rings (SSSR count). The zero-order chi connectivity index (χ0) is 12.5. The van der Waals surface area contributed by atoms with Crippen LogP contribution < -0.4 is 0 Å². The molecule has 0 spiro atoms. The van der Waals surface area contributed by atoms with Crippen LogP contribution in [0.5, 0.6) is 0 Å². The fourth-order valence-corrected chi connectivity index (χ4v) is 4.15. The molecule has 1 aromatic rings. The number of hydrogen-bond acceptors (Lipinski definition) is 4. The fraction of sp³-hybridized carbons (Fsp3) is 0.273. The highest BCUT2D eigenvalue weighted by molar-refractivity contribution is 8.00. The Morgan fingerprint density at radius 1 is 1.35 bits per heavy atom. The minimum Gasteiger partial charge on any atom is -0.396 e. The van der Waals surface area contributed by atoms with E-state index in [0.29, 0.717) is 27.0 Å². The lowest BCUT2D eigenvalue weighted by Crippen LogP contribution is -1.93. The van der Waals surface area contributed by atoms with Crippen LogP contribution in [0.25, 0.3) is 5.57 Å². The van der Waals surface area contributed by atoms with Crippen LogP contribution in [0.1, 0.15) is 5.56 Å². The van der Waals surface area contributed by atoms with Crippen LogP contribution in [-0.2, 0) is 9.84 Å². The minimum atomic E-state index is -3.31. The molecule has 1 aliphatic heterocycles. The summed E-state index contributed by atoms with van der Waals surface area (Å²) >= 11 is 7.37. The summed E-state index contributed by atoms with van der Waals surface area (Å²) in [7, 11) is -3.31. The second-order valence-corrected chi connectivity index (χ2v) is 6.91. The second-order valence-electron chi connectivity index (χ2n) is 3.60. The molecule has 0 unspecified atom stereocenters. The van der Waals surface area contributed by atoms with E-state index in [1.807, 2.05) is 0 Å². The van der Waals surface area contributed by atoms with Crippen LogP contribution in [0.15, 0.2) is 28.5 Å². The summed E-state index contributed by atoms with van der Waals surface area (Å²) in [6.45, 7) is 0.0904. The third-order valence-corrected chi connectivity index (χ3v) is 5.17. The van der Waals surface area contributed by atoms with Crippen LogP contribution in [-0.4, -0.2) is 31.6 Å². The Balaban J connectivity index is 2.34. The number of halogens is 1. The topological polar surface area (TPSA) is 54.4 Å². The number of fused-ring (bicyclic) bond motifs is 1. The molecule has 0 atom stereocenters. The van der Waals surface area contributed by atoms with Crippen molar-refractivity contribution in [2.24, 2.45) is 0 Å². The molecule has 6 heteroatoms. The lowest BCUT2D eigenvalue weighted by Gasteiger charge is -2.04. The molecule has 0 amide bonds. The molecule has 0 aliphatic carbocycles. The van der Waals surface area contributed by atoms with Gasteiger partial charge in [-0.3, -0.25) is 0 Å². The van der Waals surface area contributed by atoms with E-state index in [9.17, 15) is 8.42 Å². The van der Waals surface area contributed by atoms with E-state index in [0.717, 1.165) is 5.57 Å². The average Bonchev–Trinajstić information content (AvgIpc) is 2.51. The van der Waals surface area contributed by atoms with Gasteiger partial charge in [-0.05, 0) is 29.3 Å². The number of aliphatic hydroxyl groups excluding tert-OH is 1. The van der Waals surface area contributed by atoms with Gasteiger partial charge in [0.15, 0.2) is 0 Å². The number of aliphatic hydroxyl groups is 1. The molecule has 0 saturated heterocycles. The van der Waals surface area contributed by atoms with Gasteiger partial charge in [-0.25, -0.2) is 8.42 Å². The van der Waals surface area contributed by atoms with Crippen molar-refractivity contribution in [1.29, 1.82) is 0 Å². The van der Waals surface area contributed by atoms with E-state index < -0.39 is 9.84 Å². The Hall–Kier alpha value is -0.490. The molecular weight excluding hydrogens is 280 g/mol. The van der Waals surface area contributed by atoms with Crippen molar-refractivity contribution in [2.45, 2.75) is 4.90 Å². The van der Waals surface area contributed by atoms with Gasteiger partial charge in [-0.15, -0.1) is 0 Å². The predicted molar refractivity (Wildman–Crippen MR) is 71.0 cm³/mol. The van der Waals surface area contributed by atoms with Crippen molar-refractivity contribution < 1.29 is 13.5 Å². The molecular formula is C11H11ClO3S2. The first kappa shape index (κ1) is 13.0. The maximum absolute atomic E-state index is 11.8. The first-order valence-electron chi connectivity index (χ1n) is 4.99. The van der Waals surface area contributed by atoms with Crippen LogP contribution in [0.4, 0.5) is 0 Å². The van der Waals surface area contributed by atoms with E-state index in [4.69, 9.17) is 16.7 Å².